The molecule has 80 valence electrons. The van der Waals surface area contributed by atoms with Gasteiger partial charge in [0.25, 0.3) is 5.69 Å². The molecule has 15 heavy (non-hydrogen) atoms. The molecule has 0 spiro atoms. The summed E-state index contributed by atoms with van der Waals surface area (Å²) in [6, 6.07) is 6.77. The Kier molecular flexibility index (Phi) is 3.50. The fraction of sp³-hybridized carbons (Fsp3) is 0.333. The quantitative estimate of drug-likeness (QED) is 0.454. The SMILES string of the molecule is O=[N+]([O-])c1ccc(C2CSOSC2)cc1. The molecule has 1 saturated heterocycles. The van der Waals surface area contributed by atoms with Crippen LogP contribution in [0.1, 0.15) is 11.5 Å². The van der Waals surface area contributed by atoms with Crippen LogP contribution < -0.4 is 0 Å². The fourth-order valence-corrected chi connectivity index (χ4v) is 3.18. The van der Waals surface area contributed by atoms with Gasteiger partial charge >= 0.3 is 0 Å². The largest absolute Gasteiger partial charge is 0.269 e. The van der Waals surface area contributed by atoms with Crippen molar-refractivity contribution in [2.24, 2.45) is 0 Å². The van der Waals surface area contributed by atoms with Gasteiger partial charge in [-0.1, -0.05) is 12.1 Å². The van der Waals surface area contributed by atoms with Gasteiger partial charge in [0.1, 0.15) is 0 Å². The number of hydrogen-bond donors (Lipinski definition) is 0. The number of nitro benzene ring substituents is 1. The van der Waals surface area contributed by atoms with Gasteiger partial charge in [0.2, 0.25) is 0 Å². The van der Waals surface area contributed by atoms with Crippen LogP contribution in [0, 0.1) is 10.1 Å². The zero-order chi connectivity index (χ0) is 10.7. The Morgan fingerprint density at radius 1 is 1.27 bits per heavy atom. The lowest BCUT2D eigenvalue weighted by Crippen LogP contribution is -2.09. The minimum atomic E-state index is -0.378. The predicted octanol–water partition coefficient (Wildman–Crippen LogP) is 3.01. The summed E-state index contributed by atoms with van der Waals surface area (Å²) in [5.74, 6) is 2.24. The molecule has 4 nitrogen and oxygen atoms in total. The first-order chi connectivity index (χ1) is 7.27. The summed E-state index contributed by atoms with van der Waals surface area (Å²) < 4.78 is 5.11. The van der Waals surface area contributed by atoms with Gasteiger partial charge in [0, 0.05) is 53.6 Å². The van der Waals surface area contributed by atoms with Crippen LogP contribution in [0.25, 0.3) is 0 Å². The van der Waals surface area contributed by atoms with Gasteiger partial charge in [-0.25, -0.2) is 3.63 Å². The maximum atomic E-state index is 10.5. The van der Waals surface area contributed by atoms with Crippen molar-refractivity contribution in [3.05, 3.63) is 39.9 Å². The summed E-state index contributed by atoms with van der Waals surface area (Å²) in [5.41, 5.74) is 1.29. The number of non-ortho nitro benzene ring substituents is 1. The molecule has 0 N–H and O–H groups in total. The van der Waals surface area contributed by atoms with Crippen LogP contribution in [0.5, 0.6) is 0 Å². The van der Waals surface area contributed by atoms with Gasteiger partial charge in [0.15, 0.2) is 0 Å². The molecule has 0 saturated carbocycles. The minimum Gasteiger partial charge on any atom is -0.258 e. The third-order valence-electron chi connectivity index (χ3n) is 2.21. The van der Waals surface area contributed by atoms with Gasteiger partial charge < -0.3 is 0 Å². The summed E-state index contributed by atoms with van der Waals surface area (Å²) in [6.45, 7) is 0. The molecule has 0 bridgehead atoms. The molecule has 1 fully saturated rings. The van der Waals surface area contributed by atoms with Crippen molar-refractivity contribution in [3.8, 4) is 0 Å². The summed E-state index contributed by atoms with van der Waals surface area (Å²) in [5, 5.41) is 10.5. The van der Waals surface area contributed by atoms with Crippen LogP contribution in [0.15, 0.2) is 24.3 Å². The molecule has 1 aliphatic rings. The molecule has 0 amide bonds. The molecule has 2 rings (SSSR count). The van der Waals surface area contributed by atoms with Crippen molar-refractivity contribution >= 4 is 29.8 Å². The third kappa shape index (κ3) is 2.64. The predicted molar refractivity (Wildman–Crippen MR) is 61.8 cm³/mol. The average molecular weight is 243 g/mol. The highest BCUT2D eigenvalue weighted by atomic mass is 32.2. The van der Waals surface area contributed by atoms with E-state index in [2.05, 4.69) is 0 Å². The zero-order valence-corrected chi connectivity index (χ0v) is 9.42. The van der Waals surface area contributed by atoms with Gasteiger partial charge in [-0.3, -0.25) is 10.1 Å². The first kappa shape index (κ1) is 10.8. The molecule has 0 aliphatic carbocycles. The molecular weight excluding hydrogens is 234 g/mol. The van der Waals surface area contributed by atoms with Crippen molar-refractivity contribution in [2.45, 2.75) is 5.92 Å². The van der Waals surface area contributed by atoms with Crippen molar-refractivity contribution in [1.82, 2.24) is 0 Å². The maximum Gasteiger partial charge on any atom is 0.269 e. The highest BCUT2D eigenvalue weighted by molar-refractivity contribution is 8.08. The molecule has 1 heterocycles. The summed E-state index contributed by atoms with van der Waals surface area (Å²) in [4.78, 5) is 10.1. The highest BCUT2D eigenvalue weighted by Crippen LogP contribution is 2.34. The Labute approximate surface area is 96.0 Å². The standard InChI is InChI=1S/C9H9NO3S2/c11-10(12)9-3-1-7(2-4-9)8-5-14-13-15-6-8/h1-4,8H,5-6H2. The van der Waals surface area contributed by atoms with Gasteiger partial charge in [-0.05, 0) is 5.56 Å². The van der Waals surface area contributed by atoms with Gasteiger partial charge in [-0.15, -0.1) is 0 Å². The summed E-state index contributed by atoms with van der Waals surface area (Å²) in [6.07, 6.45) is 0. The molecule has 0 unspecified atom stereocenters. The van der Waals surface area contributed by atoms with Crippen LogP contribution in [-0.4, -0.2) is 16.4 Å². The Balaban J connectivity index is 2.11. The molecule has 6 heteroatoms. The lowest BCUT2D eigenvalue weighted by molar-refractivity contribution is -0.384. The zero-order valence-electron chi connectivity index (χ0n) is 7.79. The molecular formula is C9H9NO3S2. The van der Waals surface area contributed by atoms with E-state index in [1.54, 1.807) is 12.1 Å². The van der Waals surface area contributed by atoms with E-state index in [0.29, 0.717) is 5.92 Å². The van der Waals surface area contributed by atoms with E-state index in [-0.39, 0.29) is 10.6 Å². The normalized spacial score (nSPS) is 17.6. The Morgan fingerprint density at radius 3 is 2.40 bits per heavy atom. The van der Waals surface area contributed by atoms with Crippen LogP contribution in [0.3, 0.4) is 0 Å². The van der Waals surface area contributed by atoms with E-state index >= 15 is 0 Å². The van der Waals surface area contributed by atoms with Crippen LogP contribution in [0.2, 0.25) is 0 Å². The lowest BCUT2D eigenvalue weighted by atomic mass is 10.0. The van der Waals surface area contributed by atoms with Crippen LogP contribution >= 0.6 is 24.1 Å². The molecule has 1 aromatic rings. The number of nitro groups is 1. The van der Waals surface area contributed by atoms with E-state index in [0.717, 1.165) is 17.1 Å². The van der Waals surface area contributed by atoms with E-state index in [1.165, 1.54) is 24.1 Å². The Hall–Kier alpha value is -0.720. The number of benzene rings is 1. The van der Waals surface area contributed by atoms with Crippen molar-refractivity contribution in [3.63, 3.8) is 0 Å². The molecule has 0 atom stereocenters. The van der Waals surface area contributed by atoms with Crippen molar-refractivity contribution in [2.75, 3.05) is 11.5 Å². The van der Waals surface area contributed by atoms with Gasteiger partial charge in [0.05, 0.1) is 4.92 Å². The van der Waals surface area contributed by atoms with Crippen LogP contribution in [0.4, 0.5) is 5.69 Å². The van der Waals surface area contributed by atoms with Gasteiger partial charge in [-0.2, -0.15) is 0 Å². The Morgan fingerprint density at radius 2 is 1.87 bits per heavy atom. The van der Waals surface area contributed by atoms with E-state index in [9.17, 15) is 10.1 Å². The second-order valence-corrected chi connectivity index (χ2v) is 4.87. The first-order valence-corrected chi connectivity index (χ1v) is 6.25. The van der Waals surface area contributed by atoms with Crippen molar-refractivity contribution < 1.29 is 8.55 Å². The second-order valence-electron chi connectivity index (χ2n) is 3.18. The third-order valence-corrected chi connectivity index (χ3v) is 4.06. The van der Waals surface area contributed by atoms with E-state index < -0.39 is 0 Å². The lowest BCUT2D eigenvalue weighted by Gasteiger charge is -2.19. The highest BCUT2D eigenvalue weighted by Gasteiger charge is 2.18. The average Bonchev–Trinajstić information content (AvgIpc) is 2.30. The minimum absolute atomic E-state index is 0.145. The molecule has 0 radical (unpaired) electrons. The number of rotatable bonds is 2. The van der Waals surface area contributed by atoms with Crippen molar-refractivity contribution in [1.29, 1.82) is 0 Å². The topological polar surface area (TPSA) is 52.4 Å². The number of nitrogens with zero attached hydrogens (tertiary/aromatic N) is 1. The van der Waals surface area contributed by atoms with Crippen LogP contribution in [-0.2, 0) is 3.63 Å². The molecule has 1 aromatic carbocycles. The first-order valence-electron chi connectivity index (χ1n) is 4.43. The maximum absolute atomic E-state index is 10.5. The van der Waals surface area contributed by atoms with E-state index in [4.69, 9.17) is 3.63 Å². The molecule has 0 aromatic heterocycles. The Bertz CT molecular complexity index is 349. The second kappa shape index (κ2) is 4.87. The summed E-state index contributed by atoms with van der Waals surface area (Å²) in [7, 11) is 0. The smallest absolute Gasteiger partial charge is 0.258 e. The fourth-order valence-electron chi connectivity index (χ4n) is 1.36. The molecule has 1 aliphatic heterocycles. The van der Waals surface area contributed by atoms with E-state index in [1.807, 2.05) is 12.1 Å². The number of hydrogen-bond acceptors (Lipinski definition) is 5. The summed E-state index contributed by atoms with van der Waals surface area (Å²) >= 11 is 2.87. The monoisotopic (exact) mass is 243 g/mol.